The number of ether oxygens (including phenoxy) is 2. The molecule has 0 radical (unpaired) electrons. The average Bonchev–Trinajstić information content (AvgIpc) is 2.38. The maximum Gasteiger partial charge on any atom is 0.224 e. The minimum absolute atomic E-state index is 0.0115. The van der Waals surface area contributed by atoms with Crippen LogP contribution in [0.2, 0.25) is 0 Å². The second-order valence-corrected chi connectivity index (χ2v) is 5.09. The number of nitrogens with two attached hydrogens (primary N) is 1. The van der Waals surface area contributed by atoms with Crippen LogP contribution in [0.15, 0.2) is 18.2 Å². The van der Waals surface area contributed by atoms with E-state index in [0.717, 1.165) is 0 Å². The zero-order valence-corrected chi connectivity index (χ0v) is 12.6. The van der Waals surface area contributed by atoms with Crippen molar-refractivity contribution in [3.8, 4) is 11.5 Å². The van der Waals surface area contributed by atoms with Crippen LogP contribution in [-0.2, 0) is 4.79 Å². The minimum Gasteiger partial charge on any atom is -0.497 e. The monoisotopic (exact) mass is 280 g/mol. The van der Waals surface area contributed by atoms with Crippen LogP contribution in [0.4, 0.5) is 5.69 Å². The van der Waals surface area contributed by atoms with E-state index in [0.29, 0.717) is 30.0 Å². The third-order valence-corrected chi connectivity index (χ3v) is 2.65. The van der Waals surface area contributed by atoms with E-state index in [1.165, 1.54) is 0 Å². The lowest BCUT2D eigenvalue weighted by atomic mass is 10.2. The van der Waals surface area contributed by atoms with Crippen molar-refractivity contribution in [2.24, 2.45) is 5.73 Å². The molecule has 1 unspecified atom stereocenters. The largest absolute Gasteiger partial charge is 0.497 e. The molecular formula is C15H24N2O3. The fraction of sp³-hybridized carbons (Fsp3) is 0.533. The molecule has 0 aliphatic heterocycles. The van der Waals surface area contributed by atoms with E-state index in [1.54, 1.807) is 25.3 Å². The van der Waals surface area contributed by atoms with Gasteiger partial charge in [-0.3, -0.25) is 4.79 Å². The fourth-order valence-corrected chi connectivity index (χ4v) is 1.66. The molecule has 1 rings (SSSR count). The normalized spacial score (nSPS) is 12.1. The summed E-state index contributed by atoms with van der Waals surface area (Å²) in [5.41, 5.74) is 6.27. The Morgan fingerprint density at radius 2 is 2.05 bits per heavy atom. The molecule has 0 heterocycles. The van der Waals surface area contributed by atoms with Gasteiger partial charge in [0.05, 0.1) is 18.9 Å². The molecule has 0 spiro atoms. The highest BCUT2D eigenvalue weighted by Gasteiger charge is 2.11. The summed E-state index contributed by atoms with van der Waals surface area (Å²) in [5.74, 6) is 1.22. The number of nitrogens with one attached hydrogen (secondary N) is 1. The summed E-state index contributed by atoms with van der Waals surface area (Å²) in [6, 6.07) is 5.36. The zero-order valence-electron chi connectivity index (χ0n) is 12.6. The van der Waals surface area contributed by atoms with E-state index in [2.05, 4.69) is 5.32 Å². The van der Waals surface area contributed by atoms with Crippen molar-refractivity contribution >= 4 is 11.6 Å². The van der Waals surface area contributed by atoms with Crippen molar-refractivity contribution in [2.45, 2.75) is 45.8 Å². The Balaban J connectivity index is 2.81. The highest BCUT2D eigenvalue weighted by atomic mass is 16.5. The van der Waals surface area contributed by atoms with Gasteiger partial charge < -0.3 is 20.5 Å². The number of carbonyl (C=O) groups excluding carboxylic acids is 1. The highest BCUT2D eigenvalue weighted by Crippen LogP contribution is 2.30. The Hall–Kier alpha value is -1.75. The first-order valence-electron chi connectivity index (χ1n) is 6.82. The molecule has 1 atom stereocenters. The van der Waals surface area contributed by atoms with E-state index in [1.807, 2.05) is 20.8 Å². The van der Waals surface area contributed by atoms with Crippen LogP contribution in [0.5, 0.6) is 11.5 Å². The third kappa shape index (κ3) is 5.48. The number of benzene rings is 1. The Morgan fingerprint density at radius 3 is 2.60 bits per heavy atom. The van der Waals surface area contributed by atoms with Crippen LogP contribution in [0, 0.1) is 0 Å². The Kier molecular flexibility index (Phi) is 6.31. The predicted octanol–water partition coefficient (Wildman–Crippen LogP) is 2.55. The van der Waals surface area contributed by atoms with Gasteiger partial charge in [0.1, 0.15) is 11.5 Å². The van der Waals surface area contributed by atoms with E-state index >= 15 is 0 Å². The van der Waals surface area contributed by atoms with Crippen molar-refractivity contribution in [2.75, 3.05) is 12.4 Å². The molecule has 1 aromatic rings. The number of anilines is 1. The van der Waals surface area contributed by atoms with Crippen molar-refractivity contribution in [1.29, 1.82) is 0 Å². The maximum atomic E-state index is 11.9. The Labute approximate surface area is 120 Å². The number of rotatable bonds is 7. The van der Waals surface area contributed by atoms with Gasteiger partial charge in [0.25, 0.3) is 0 Å². The lowest BCUT2D eigenvalue weighted by molar-refractivity contribution is -0.116. The minimum atomic E-state index is -0.0795. The number of carbonyl (C=O) groups is 1. The molecule has 0 fully saturated rings. The summed E-state index contributed by atoms with van der Waals surface area (Å²) >= 11 is 0. The van der Waals surface area contributed by atoms with Gasteiger partial charge in [-0.15, -0.1) is 0 Å². The molecule has 0 aliphatic carbocycles. The quantitative estimate of drug-likeness (QED) is 0.805. The standard InChI is InChI=1S/C15H24N2O3/c1-10(2)20-14-7-6-12(19-4)9-13(14)17-15(18)8-5-11(3)16/h6-7,9-11H,5,8,16H2,1-4H3,(H,17,18). The Bertz CT molecular complexity index is 445. The zero-order chi connectivity index (χ0) is 15.1. The van der Waals surface area contributed by atoms with Crippen LogP contribution in [0.3, 0.4) is 0 Å². The number of hydrogen-bond donors (Lipinski definition) is 2. The SMILES string of the molecule is COc1ccc(OC(C)C)c(NC(=O)CCC(C)N)c1. The van der Waals surface area contributed by atoms with E-state index in [9.17, 15) is 4.79 Å². The molecule has 20 heavy (non-hydrogen) atoms. The molecule has 0 saturated heterocycles. The molecule has 0 aromatic heterocycles. The van der Waals surface area contributed by atoms with Crippen LogP contribution < -0.4 is 20.5 Å². The highest BCUT2D eigenvalue weighted by molar-refractivity contribution is 5.92. The summed E-state index contributed by atoms with van der Waals surface area (Å²) in [4.78, 5) is 11.9. The van der Waals surface area contributed by atoms with Crippen molar-refractivity contribution in [3.05, 3.63) is 18.2 Å². The smallest absolute Gasteiger partial charge is 0.224 e. The van der Waals surface area contributed by atoms with Crippen molar-refractivity contribution in [1.82, 2.24) is 0 Å². The predicted molar refractivity (Wildman–Crippen MR) is 80.3 cm³/mol. The fourth-order valence-electron chi connectivity index (χ4n) is 1.66. The molecule has 1 amide bonds. The van der Waals surface area contributed by atoms with Crippen molar-refractivity contribution in [3.63, 3.8) is 0 Å². The number of methoxy groups -OCH3 is 1. The topological polar surface area (TPSA) is 73.6 Å². The second-order valence-electron chi connectivity index (χ2n) is 5.09. The first-order chi connectivity index (χ1) is 9.42. The first-order valence-corrected chi connectivity index (χ1v) is 6.82. The molecule has 0 aliphatic rings. The molecule has 0 bridgehead atoms. The Morgan fingerprint density at radius 1 is 1.35 bits per heavy atom. The van der Waals surface area contributed by atoms with Gasteiger partial charge in [-0.1, -0.05) is 0 Å². The summed E-state index contributed by atoms with van der Waals surface area (Å²) in [6.45, 7) is 5.75. The molecule has 3 N–H and O–H groups in total. The molecule has 1 aromatic carbocycles. The van der Waals surface area contributed by atoms with Crippen LogP contribution in [0.1, 0.15) is 33.6 Å². The first kappa shape index (κ1) is 16.3. The molecular weight excluding hydrogens is 256 g/mol. The van der Waals surface area contributed by atoms with Crippen LogP contribution >= 0.6 is 0 Å². The van der Waals surface area contributed by atoms with Gasteiger partial charge in [-0.05, 0) is 39.3 Å². The van der Waals surface area contributed by atoms with E-state index < -0.39 is 0 Å². The summed E-state index contributed by atoms with van der Waals surface area (Å²) < 4.78 is 10.8. The molecule has 5 heteroatoms. The lowest BCUT2D eigenvalue weighted by Gasteiger charge is -2.16. The van der Waals surface area contributed by atoms with Crippen LogP contribution in [-0.4, -0.2) is 25.2 Å². The van der Waals surface area contributed by atoms with Crippen molar-refractivity contribution < 1.29 is 14.3 Å². The summed E-state index contributed by atoms with van der Waals surface area (Å²) in [5, 5.41) is 2.85. The maximum absolute atomic E-state index is 11.9. The van der Waals surface area contributed by atoms with Gasteiger partial charge in [0, 0.05) is 18.5 Å². The van der Waals surface area contributed by atoms with Crippen LogP contribution in [0.25, 0.3) is 0 Å². The summed E-state index contributed by atoms with van der Waals surface area (Å²) in [6.07, 6.45) is 1.06. The van der Waals surface area contributed by atoms with E-state index in [-0.39, 0.29) is 18.1 Å². The third-order valence-electron chi connectivity index (χ3n) is 2.65. The van der Waals surface area contributed by atoms with Gasteiger partial charge in [0.15, 0.2) is 0 Å². The van der Waals surface area contributed by atoms with Gasteiger partial charge in [-0.25, -0.2) is 0 Å². The molecule has 5 nitrogen and oxygen atoms in total. The lowest BCUT2D eigenvalue weighted by Crippen LogP contribution is -2.20. The average molecular weight is 280 g/mol. The number of amides is 1. The van der Waals surface area contributed by atoms with E-state index in [4.69, 9.17) is 15.2 Å². The second kappa shape index (κ2) is 7.75. The van der Waals surface area contributed by atoms with Gasteiger partial charge in [-0.2, -0.15) is 0 Å². The van der Waals surface area contributed by atoms with Gasteiger partial charge >= 0.3 is 0 Å². The summed E-state index contributed by atoms with van der Waals surface area (Å²) in [7, 11) is 1.58. The molecule has 0 saturated carbocycles. The number of hydrogen-bond acceptors (Lipinski definition) is 4. The molecule has 112 valence electrons. The van der Waals surface area contributed by atoms with Gasteiger partial charge in [0.2, 0.25) is 5.91 Å².